The fraction of sp³-hybridized carbons (Fsp3) is 1.00. The van der Waals surface area contributed by atoms with Gasteiger partial charge in [-0.1, -0.05) is 32.6 Å². The van der Waals surface area contributed by atoms with Crippen LogP contribution in [0.2, 0.25) is 0 Å². The van der Waals surface area contributed by atoms with Gasteiger partial charge in [0.05, 0.1) is 0 Å². The van der Waals surface area contributed by atoms with Gasteiger partial charge in [-0.05, 0) is 33.9 Å². The molecule has 0 aliphatic carbocycles. The Morgan fingerprint density at radius 1 is 1.00 bits per heavy atom. The topological polar surface area (TPSA) is 12.5 Å². The average Bonchev–Trinajstić information content (AvgIpc) is 2.15. The average molecular weight is 201 g/mol. The van der Waals surface area contributed by atoms with E-state index in [1.165, 1.54) is 38.5 Å². The van der Waals surface area contributed by atoms with Crippen molar-refractivity contribution in [3.63, 3.8) is 0 Å². The molecule has 0 rings (SSSR count). The summed E-state index contributed by atoms with van der Waals surface area (Å²) in [5.41, 5.74) is 0. The molecule has 0 saturated heterocycles. The molecule has 2 heteroatoms. The highest BCUT2D eigenvalue weighted by Crippen LogP contribution is 2.10. The van der Waals surface area contributed by atoms with Gasteiger partial charge >= 0.3 is 0 Å². The first-order valence-corrected chi connectivity index (χ1v) is 6.00. The SMILES string of the molecule is CCCCCCCC(OCC)N(C)C. The quantitative estimate of drug-likeness (QED) is 0.419. The number of unbranched alkanes of at least 4 members (excludes halogenated alkanes) is 4. The minimum absolute atomic E-state index is 0.321. The molecule has 86 valence electrons. The lowest BCUT2D eigenvalue weighted by atomic mass is 10.1. The van der Waals surface area contributed by atoms with Gasteiger partial charge in [0.25, 0.3) is 0 Å². The minimum atomic E-state index is 0.321. The Labute approximate surface area is 89.6 Å². The normalized spacial score (nSPS) is 13.5. The van der Waals surface area contributed by atoms with E-state index in [1.807, 2.05) is 0 Å². The predicted molar refractivity (Wildman–Crippen MR) is 62.5 cm³/mol. The highest BCUT2D eigenvalue weighted by atomic mass is 16.5. The van der Waals surface area contributed by atoms with Crippen molar-refractivity contribution < 1.29 is 4.74 Å². The molecule has 0 radical (unpaired) electrons. The van der Waals surface area contributed by atoms with Gasteiger partial charge in [-0.15, -0.1) is 0 Å². The summed E-state index contributed by atoms with van der Waals surface area (Å²) in [6, 6.07) is 0. The van der Waals surface area contributed by atoms with Gasteiger partial charge in [0.15, 0.2) is 0 Å². The van der Waals surface area contributed by atoms with Gasteiger partial charge in [0.2, 0.25) is 0 Å². The summed E-state index contributed by atoms with van der Waals surface area (Å²) in [6.45, 7) is 5.13. The summed E-state index contributed by atoms with van der Waals surface area (Å²) in [5.74, 6) is 0. The first-order chi connectivity index (χ1) is 6.72. The maximum atomic E-state index is 5.64. The maximum Gasteiger partial charge on any atom is 0.110 e. The zero-order valence-electron chi connectivity index (χ0n) is 10.4. The third-order valence-electron chi connectivity index (χ3n) is 2.49. The summed E-state index contributed by atoms with van der Waals surface area (Å²) in [5, 5.41) is 0. The Bertz CT molecular complexity index is 115. The van der Waals surface area contributed by atoms with Crippen molar-refractivity contribution in [3.8, 4) is 0 Å². The third-order valence-corrected chi connectivity index (χ3v) is 2.49. The van der Waals surface area contributed by atoms with E-state index in [0.717, 1.165) is 6.61 Å². The molecule has 0 aromatic carbocycles. The van der Waals surface area contributed by atoms with Crippen LogP contribution in [-0.4, -0.2) is 31.8 Å². The second-order valence-electron chi connectivity index (χ2n) is 4.08. The summed E-state index contributed by atoms with van der Waals surface area (Å²) >= 11 is 0. The van der Waals surface area contributed by atoms with Crippen molar-refractivity contribution >= 4 is 0 Å². The largest absolute Gasteiger partial charge is 0.363 e. The van der Waals surface area contributed by atoms with Gasteiger partial charge in [-0.3, -0.25) is 4.90 Å². The molecule has 2 nitrogen and oxygen atoms in total. The molecule has 0 spiro atoms. The maximum absolute atomic E-state index is 5.64. The highest BCUT2D eigenvalue weighted by molar-refractivity contribution is 4.55. The van der Waals surface area contributed by atoms with Crippen molar-refractivity contribution in [2.75, 3.05) is 20.7 Å². The molecule has 0 heterocycles. The molecule has 0 saturated carbocycles. The fourth-order valence-electron chi connectivity index (χ4n) is 1.61. The van der Waals surface area contributed by atoms with Crippen molar-refractivity contribution in [2.24, 2.45) is 0 Å². The summed E-state index contributed by atoms with van der Waals surface area (Å²) in [7, 11) is 4.18. The van der Waals surface area contributed by atoms with Crippen LogP contribution in [0.15, 0.2) is 0 Å². The lowest BCUT2D eigenvalue weighted by Crippen LogP contribution is -2.30. The van der Waals surface area contributed by atoms with Crippen LogP contribution in [0.1, 0.15) is 52.4 Å². The Morgan fingerprint density at radius 3 is 2.14 bits per heavy atom. The van der Waals surface area contributed by atoms with Crippen LogP contribution in [0, 0.1) is 0 Å². The zero-order chi connectivity index (χ0) is 10.8. The number of hydrogen-bond acceptors (Lipinski definition) is 2. The van der Waals surface area contributed by atoms with Gasteiger partial charge in [0.1, 0.15) is 6.23 Å². The molecule has 0 aliphatic rings. The number of nitrogens with zero attached hydrogens (tertiary/aromatic N) is 1. The number of hydrogen-bond donors (Lipinski definition) is 0. The Morgan fingerprint density at radius 2 is 1.64 bits per heavy atom. The molecule has 0 N–H and O–H groups in total. The summed E-state index contributed by atoms with van der Waals surface area (Å²) in [4.78, 5) is 2.17. The molecular weight excluding hydrogens is 174 g/mol. The monoisotopic (exact) mass is 201 g/mol. The third kappa shape index (κ3) is 7.34. The summed E-state index contributed by atoms with van der Waals surface area (Å²) in [6.07, 6.45) is 8.22. The lowest BCUT2D eigenvalue weighted by molar-refractivity contribution is -0.0362. The van der Waals surface area contributed by atoms with Crippen molar-refractivity contribution in [1.82, 2.24) is 4.90 Å². The lowest BCUT2D eigenvalue weighted by Gasteiger charge is -2.23. The fourth-order valence-corrected chi connectivity index (χ4v) is 1.61. The van der Waals surface area contributed by atoms with E-state index in [2.05, 4.69) is 32.8 Å². The van der Waals surface area contributed by atoms with Crippen LogP contribution < -0.4 is 0 Å². The second kappa shape index (κ2) is 9.47. The molecule has 1 unspecified atom stereocenters. The van der Waals surface area contributed by atoms with Crippen LogP contribution >= 0.6 is 0 Å². The number of ether oxygens (including phenoxy) is 1. The van der Waals surface area contributed by atoms with E-state index in [4.69, 9.17) is 4.74 Å². The van der Waals surface area contributed by atoms with Crippen LogP contribution in [0.5, 0.6) is 0 Å². The van der Waals surface area contributed by atoms with Crippen LogP contribution in [0.4, 0.5) is 0 Å². The molecule has 0 bridgehead atoms. The van der Waals surface area contributed by atoms with Crippen molar-refractivity contribution in [3.05, 3.63) is 0 Å². The Balaban J connectivity index is 3.41. The molecule has 0 amide bonds. The smallest absolute Gasteiger partial charge is 0.110 e. The van der Waals surface area contributed by atoms with E-state index in [-0.39, 0.29) is 0 Å². The Kier molecular flexibility index (Phi) is 9.42. The van der Waals surface area contributed by atoms with E-state index in [1.54, 1.807) is 0 Å². The minimum Gasteiger partial charge on any atom is -0.363 e. The van der Waals surface area contributed by atoms with Crippen LogP contribution in [-0.2, 0) is 4.74 Å². The van der Waals surface area contributed by atoms with E-state index in [0.29, 0.717) is 6.23 Å². The van der Waals surface area contributed by atoms with Crippen LogP contribution in [0.3, 0.4) is 0 Å². The molecule has 0 aromatic heterocycles. The van der Waals surface area contributed by atoms with Gasteiger partial charge in [0, 0.05) is 6.61 Å². The van der Waals surface area contributed by atoms with Gasteiger partial charge in [-0.25, -0.2) is 0 Å². The standard InChI is InChI=1S/C12H27NO/c1-5-7-8-9-10-11-12(13(3)4)14-6-2/h12H,5-11H2,1-4H3. The molecule has 0 aromatic rings. The summed E-state index contributed by atoms with van der Waals surface area (Å²) < 4.78 is 5.64. The Hall–Kier alpha value is -0.0800. The van der Waals surface area contributed by atoms with Crippen molar-refractivity contribution in [1.29, 1.82) is 0 Å². The highest BCUT2D eigenvalue weighted by Gasteiger charge is 2.09. The van der Waals surface area contributed by atoms with Gasteiger partial charge < -0.3 is 4.74 Å². The molecule has 0 fully saturated rings. The van der Waals surface area contributed by atoms with E-state index < -0.39 is 0 Å². The zero-order valence-corrected chi connectivity index (χ0v) is 10.4. The number of rotatable bonds is 9. The molecule has 1 atom stereocenters. The van der Waals surface area contributed by atoms with Crippen molar-refractivity contribution in [2.45, 2.75) is 58.6 Å². The molecular formula is C12H27NO. The molecule has 14 heavy (non-hydrogen) atoms. The second-order valence-corrected chi connectivity index (χ2v) is 4.08. The van der Waals surface area contributed by atoms with E-state index >= 15 is 0 Å². The van der Waals surface area contributed by atoms with Gasteiger partial charge in [-0.2, -0.15) is 0 Å². The van der Waals surface area contributed by atoms with Crippen LogP contribution in [0.25, 0.3) is 0 Å². The van der Waals surface area contributed by atoms with E-state index in [9.17, 15) is 0 Å². The first-order valence-electron chi connectivity index (χ1n) is 6.00. The first kappa shape index (κ1) is 13.9. The molecule has 0 aliphatic heterocycles. The predicted octanol–water partition coefficient (Wildman–Crippen LogP) is 3.27.